The van der Waals surface area contributed by atoms with Gasteiger partial charge in [-0.2, -0.15) is 0 Å². The zero-order valence-electron chi connectivity index (χ0n) is 32.5. The molecule has 1 heterocycles. The summed E-state index contributed by atoms with van der Waals surface area (Å²) in [5, 5.41) is 2.45. The van der Waals surface area contributed by atoms with Gasteiger partial charge in [0.2, 0.25) is 0 Å². The Bertz CT molecular complexity index is 2980. The van der Waals surface area contributed by atoms with E-state index < -0.39 is 5.41 Å². The second-order valence-corrected chi connectivity index (χ2v) is 14.9. The van der Waals surface area contributed by atoms with Crippen LogP contribution in [0.1, 0.15) is 34.7 Å². The Morgan fingerprint density at radius 3 is 1.86 bits per heavy atom. The van der Waals surface area contributed by atoms with Crippen molar-refractivity contribution in [2.75, 3.05) is 4.90 Å². The van der Waals surface area contributed by atoms with Gasteiger partial charge >= 0.3 is 0 Å². The molecule has 1 aromatic heterocycles. The third-order valence-corrected chi connectivity index (χ3v) is 11.7. The standard InChI is InChI=1S/C56H42N2/c1-3-4-8-20-40(2)41-21-19-28-45(37-41)57(47-33-35-50-49-30-16-18-32-54(49)58(55(50)39-47)44-26-13-7-14-27-44)46-34-36-53-51(38-46)48-29-15-17-31-52(48)56(53,42-22-9-5-10-23-42)43-24-11-6-12-25-43/h3-39H,2H2,1H3/b4-3-,20-8-. The lowest BCUT2D eigenvalue weighted by atomic mass is 9.68. The van der Waals surface area contributed by atoms with E-state index in [1.807, 2.05) is 25.2 Å². The fourth-order valence-electron chi connectivity index (χ4n) is 9.20. The normalized spacial score (nSPS) is 13.0. The lowest BCUT2D eigenvalue weighted by molar-refractivity contribution is 0.768. The second kappa shape index (κ2) is 14.6. The number of anilines is 3. The van der Waals surface area contributed by atoms with Crippen LogP contribution in [-0.2, 0) is 5.41 Å². The quantitative estimate of drug-likeness (QED) is 0.134. The Balaban J connectivity index is 1.23. The Kier molecular flexibility index (Phi) is 8.81. The summed E-state index contributed by atoms with van der Waals surface area (Å²) in [6, 6.07) is 73.1. The Morgan fingerprint density at radius 2 is 1.10 bits per heavy atom. The van der Waals surface area contributed by atoms with Gasteiger partial charge in [-0.25, -0.2) is 0 Å². The molecular weight excluding hydrogens is 701 g/mol. The summed E-state index contributed by atoms with van der Waals surface area (Å²) in [7, 11) is 0. The van der Waals surface area contributed by atoms with Gasteiger partial charge in [0.1, 0.15) is 0 Å². The molecule has 0 spiro atoms. The van der Waals surface area contributed by atoms with Crippen molar-refractivity contribution in [2.24, 2.45) is 0 Å². The predicted molar refractivity (Wildman–Crippen MR) is 246 cm³/mol. The van der Waals surface area contributed by atoms with Crippen molar-refractivity contribution >= 4 is 44.4 Å². The molecule has 0 radical (unpaired) electrons. The molecule has 0 saturated carbocycles. The van der Waals surface area contributed by atoms with Gasteiger partial charge < -0.3 is 9.47 Å². The van der Waals surface area contributed by atoms with E-state index in [4.69, 9.17) is 0 Å². The van der Waals surface area contributed by atoms with Gasteiger partial charge in [0.15, 0.2) is 0 Å². The zero-order chi connectivity index (χ0) is 39.1. The molecule has 0 fully saturated rings. The number of allylic oxidation sites excluding steroid dienone is 5. The van der Waals surface area contributed by atoms with Gasteiger partial charge in [-0.3, -0.25) is 0 Å². The van der Waals surface area contributed by atoms with Crippen LogP contribution < -0.4 is 4.90 Å². The summed E-state index contributed by atoms with van der Waals surface area (Å²) in [4.78, 5) is 2.41. The fourth-order valence-corrected chi connectivity index (χ4v) is 9.20. The first kappa shape index (κ1) is 35.0. The van der Waals surface area contributed by atoms with Crippen molar-refractivity contribution in [3.63, 3.8) is 0 Å². The van der Waals surface area contributed by atoms with Crippen LogP contribution in [0.3, 0.4) is 0 Å². The van der Waals surface area contributed by atoms with Gasteiger partial charge in [0, 0.05) is 33.5 Å². The molecule has 1 aliphatic carbocycles. The molecule has 1 aliphatic rings. The lowest BCUT2D eigenvalue weighted by Crippen LogP contribution is -2.28. The van der Waals surface area contributed by atoms with E-state index in [2.05, 4.69) is 222 Å². The minimum absolute atomic E-state index is 0.468. The van der Waals surface area contributed by atoms with Crippen molar-refractivity contribution in [1.29, 1.82) is 0 Å². The third kappa shape index (κ3) is 5.64. The molecule has 10 rings (SSSR count). The monoisotopic (exact) mass is 742 g/mol. The molecule has 2 nitrogen and oxygen atoms in total. The van der Waals surface area contributed by atoms with E-state index in [9.17, 15) is 0 Å². The summed E-state index contributed by atoms with van der Waals surface area (Å²) in [6.45, 7) is 6.48. The van der Waals surface area contributed by atoms with Crippen LogP contribution in [0.15, 0.2) is 231 Å². The topological polar surface area (TPSA) is 8.17 Å². The lowest BCUT2D eigenvalue weighted by Gasteiger charge is -2.34. The number of rotatable bonds is 9. The average Bonchev–Trinajstić information content (AvgIpc) is 3.78. The van der Waals surface area contributed by atoms with Crippen molar-refractivity contribution in [3.05, 3.63) is 259 Å². The largest absolute Gasteiger partial charge is 0.310 e. The van der Waals surface area contributed by atoms with Crippen molar-refractivity contribution < 1.29 is 0 Å². The summed E-state index contributed by atoms with van der Waals surface area (Å²) < 4.78 is 2.39. The Labute approximate surface area is 340 Å². The molecule has 0 unspecified atom stereocenters. The summed E-state index contributed by atoms with van der Waals surface area (Å²) >= 11 is 0. The highest BCUT2D eigenvalue weighted by Gasteiger charge is 2.46. The molecule has 0 aliphatic heterocycles. The minimum Gasteiger partial charge on any atom is -0.310 e. The molecular formula is C56H42N2. The summed E-state index contributed by atoms with van der Waals surface area (Å²) in [6.07, 6.45) is 8.19. The third-order valence-electron chi connectivity index (χ3n) is 11.7. The number of para-hydroxylation sites is 2. The van der Waals surface area contributed by atoms with Crippen LogP contribution in [-0.4, -0.2) is 4.57 Å². The van der Waals surface area contributed by atoms with E-state index >= 15 is 0 Å². The zero-order valence-corrected chi connectivity index (χ0v) is 32.5. The van der Waals surface area contributed by atoms with E-state index in [1.54, 1.807) is 0 Å². The van der Waals surface area contributed by atoms with Crippen molar-refractivity contribution in [2.45, 2.75) is 12.3 Å². The second-order valence-electron chi connectivity index (χ2n) is 14.9. The molecule has 2 heteroatoms. The molecule has 0 bridgehead atoms. The maximum Gasteiger partial charge on any atom is 0.0713 e. The number of nitrogens with zero attached hydrogens (tertiary/aromatic N) is 2. The summed E-state index contributed by atoms with van der Waals surface area (Å²) in [5.74, 6) is 0. The van der Waals surface area contributed by atoms with Gasteiger partial charge in [-0.1, -0.05) is 176 Å². The van der Waals surface area contributed by atoms with Crippen LogP contribution in [0.5, 0.6) is 0 Å². The van der Waals surface area contributed by atoms with E-state index in [0.29, 0.717) is 0 Å². The molecule has 0 atom stereocenters. The smallest absolute Gasteiger partial charge is 0.0713 e. The Hall–Kier alpha value is -7.42. The molecule has 276 valence electrons. The molecule has 0 saturated heterocycles. The number of benzene rings is 8. The van der Waals surface area contributed by atoms with E-state index in [0.717, 1.165) is 39.4 Å². The van der Waals surface area contributed by atoms with Gasteiger partial charge in [0.25, 0.3) is 0 Å². The molecule has 8 aromatic carbocycles. The predicted octanol–water partition coefficient (Wildman–Crippen LogP) is 14.8. The number of hydrogen-bond acceptors (Lipinski definition) is 1. The molecule has 9 aromatic rings. The van der Waals surface area contributed by atoms with Gasteiger partial charge in [-0.05, 0) is 106 Å². The first-order valence-electron chi connectivity index (χ1n) is 20.0. The van der Waals surface area contributed by atoms with Gasteiger partial charge in [0.05, 0.1) is 16.4 Å². The maximum absolute atomic E-state index is 4.46. The number of fused-ring (bicyclic) bond motifs is 6. The summed E-state index contributed by atoms with van der Waals surface area (Å²) in [5.41, 5.74) is 15.8. The molecule has 0 N–H and O–H groups in total. The van der Waals surface area contributed by atoms with Crippen LogP contribution in [0.2, 0.25) is 0 Å². The molecule has 0 amide bonds. The number of hydrogen-bond donors (Lipinski definition) is 0. The average molecular weight is 743 g/mol. The van der Waals surface area contributed by atoms with E-state index in [-0.39, 0.29) is 0 Å². The fraction of sp³-hybridized carbons (Fsp3) is 0.0357. The van der Waals surface area contributed by atoms with Crippen LogP contribution in [0.4, 0.5) is 17.1 Å². The molecule has 58 heavy (non-hydrogen) atoms. The first-order chi connectivity index (χ1) is 28.7. The highest BCUT2D eigenvalue weighted by Crippen LogP contribution is 2.57. The van der Waals surface area contributed by atoms with Crippen LogP contribution in [0.25, 0.3) is 44.2 Å². The van der Waals surface area contributed by atoms with Crippen LogP contribution >= 0.6 is 0 Å². The minimum atomic E-state index is -0.468. The highest BCUT2D eigenvalue weighted by atomic mass is 15.1. The maximum atomic E-state index is 4.46. The highest BCUT2D eigenvalue weighted by molar-refractivity contribution is 6.10. The SMILES string of the molecule is C=C(/C=C\C=C/C)c1cccc(N(c2ccc3c(c2)-c2ccccc2C3(c2ccccc2)c2ccccc2)c2ccc3c4ccccc4n(-c4ccccc4)c3c2)c1. The first-order valence-corrected chi connectivity index (χ1v) is 20.0. The Morgan fingerprint density at radius 1 is 0.500 bits per heavy atom. The van der Waals surface area contributed by atoms with E-state index in [1.165, 1.54) is 49.7 Å². The van der Waals surface area contributed by atoms with Crippen molar-refractivity contribution in [1.82, 2.24) is 4.57 Å². The van der Waals surface area contributed by atoms with Gasteiger partial charge in [-0.15, -0.1) is 0 Å². The van der Waals surface area contributed by atoms with Crippen molar-refractivity contribution in [3.8, 4) is 16.8 Å². The number of aromatic nitrogens is 1. The van der Waals surface area contributed by atoms with Crippen LogP contribution in [0, 0.1) is 0 Å².